The van der Waals surface area contributed by atoms with Gasteiger partial charge in [-0.15, -0.1) is 0 Å². The van der Waals surface area contributed by atoms with Crippen molar-refractivity contribution in [1.29, 1.82) is 0 Å². The summed E-state index contributed by atoms with van der Waals surface area (Å²) in [5.74, 6) is -0.359. The Hall–Kier alpha value is -0.700. The second kappa shape index (κ2) is 11.6. The van der Waals surface area contributed by atoms with Crippen molar-refractivity contribution < 1.29 is 77.2 Å². The number of hydrogen-bond donors (Lipinski definition) is 9. The molecule has 3 aliphatic heterocycles. The molecular formula is C15H26N2O16P2S. The number of rotatable bonds is 9. The molecule has 3 fully saturated rings. The summed E-state index contributed by atoms with van der Waals surface area (Å²) in [5.41, 5.74) is 0. The van der Waals surface area contributed by atoms with E-state index in [1.165, 1.54) is 4.90 Å². The minimum absolute atomic E-state index is 0.0178. The van der Waals surface area contributed by atoms with Gasteiger partial charge in [0.1, 0.15) is 42.7 Å². The van der Waals surface area contributed by atoms with Gasteiger partial charge in [0.25, 0.3) is 0 Å². The number of nitrogens with zero attached hydrogens (tertiary/aromatic N) is 1. The first-order valence-electron chi connectivity index (χ1n) is 10.3. The topological polar surface area (TPSA) is 274 Å². The maximum Gasteiger partial charge on any atom is 0.483 e. The van der Waals surface area contributed by atoms with Crippen LogP contribution in [0.2, 0.25) is 0 Å². The largest absolute Gasteiger partial charge is 0.483 e. The predicted molar refractivity (Wildman–Crippen MR) is 114 cm³/mol. The van der Waals surface area contributed by atoms with E-state index in [2.05, 4.69) is 18.7 Å². The summed E-state index contributed by atoms with van der Waals surface area (Å²) < 4.78 is 47.8. The number of amides is 1. The van der Waals surface area contributed by atoms with Crippen LogP contribution in [0.3, 0.4) is 0 Å². The molecule has 21 heteroatoms. The Bertz CT molecular complexity index is 926. The van der Waals surface area contributed by atoms with E-state index in [-0.39, 0.29) is 24.0 Å². The van der Waals surface area contributed by atoms with Crippen LogP contribution in [-0.2, 0) is 36.8 Å². The Balaban J connectivity index is 1.57. The zero-order valence-electron chi connectivity index (χ0n) is 18.1. The Morgan fingerprint density at radius 3 is 2.22 bits per heavy atom. The molecule has 0 aliphatic carbocycles. The molecule has 3 saturated heterocycles. The fourth-order valence-electron chi connectivity index (χ4n) is 3.57. The van der Waals surface area contributed by atoms with Gasteiger partial charge in [0.2, 0.25) is 5.91 Å². The molecule has 208 valence electrons. The molecule has 9 N–H and O–H groups in total. The number of thiocarbonyl (C=S) groups is 1. The number of ether oxygens (including phenoxy) is 2. The third kappa shape index (κ3) is 6.83. The third-order valence-corrected chi connectivity index (χ3v) is 8.36. The molecule has 3 rings (SSSR count). The van der Waals surface area contributed by atoms with Crippen molar-refractivity contribution in [3.8, 4) is 0 Å². The molecule has 0 aromatic rings. The summed E-state index contributed by atoms with van der Waals surface area (Å²) in [4.78, 5) is 32.3. The number of carbonyl (C=O) groups is 1. The lowest BCUT2D eigenvalue weighted by atomic mass is 10.00. The Kier molecular flexibility index (Phi) is 9.61. The SMILES string of the molecule is O=C1CCN([C@@H]2O[C@H](COP(=O)(O)OP(=O)(O)O[C@H]3O[C@H](CO)[C@@H](O)[C@H](O)[C@H]3O)[C@@H](O)[C@H]2O)C(=S)N1. The third-order valence-electron chi connectivity index (χ3n) is 5.43. The molecule has 0 spiro atoms. The van der Waals surface area contributed by atoms with E-state index >= 15 is 0 Å². The van der Waals surface area contributed by atoms with E-state index in [0.717, 1.165) is 0 Å². The van der Waals surface area contributed by atoms with Crippen molar-refractivity contribution >= 4 is 38.9 Å². The van der Waals surface area contributed by atoms with E-state index in [1.54, 1.807) is 0 Å². The van der Waals surface area contributed by atoms with E-state index in [0.29, 0.717) is 0 Å². The average Bonchev–Trinajstić information content (AvgIpc) is 3.06. The van der Waals surface area contributed by atoms with Crippen LogP contribution in [0.15, 0.2) is 0 Å². The average molecular weight is 584 g/mol. The fraction of sp³-hybridized carbons (Fsp3) is 0.867. The molecular weight excluding hydrogens is 558 g/mol. The van der Waals surface area contributed by atoms with Crippen molar-refractivity contribution in [2.75, 3.05) is 19.8 Å². The zero-order chi connectivity index (χ0) is 27.0. The maximum atomic E-state index is 12.2. The number of aliphatic hydroxyl groups is 6. The standard InChI is InChI=1S/C15H26N2O16P2S/c18-3-5-8(20)10(22)12(24)14(31-5)32-35(27,28)33-34(25,26)29-4-6-9(21)11(23)13(30-6)17-2-1-7(19)16-15(17)36/h5-6,8-14,18,20-24H,1-4H2,(H,25,26)(H,27,28)(H,16,19,36)/t5-,6-,8-,9-,10+,11-,12-,13-,14-/m1/s1. The molecule has 0 saturated carbocycles. The molecule has 1 amide bonds. The number of phosphoric acid groups is 2. The van der Waals surface area contributed by atoms with Crippen LogP contribution in [0.5, 0.6) is 0 Å². The minimum Gasteiger partial charge on any atom is -0.394 e. The van der Waals surface area contributed by atoms with Crippen LogP contribution < -0.4 is 5.32 Å². The molecule has 3 aliphatic rings. The zero-order valence-corrected chi connectivity index (χ0v) is 20.7. The van der Waals surface area contributed by atoms with Gasteiger partial charge in [-0.3, -0.25) is 13.8 Å². The summed E-state index contributed by atoms with van der Waals surface area (Å²) in [6.07, 6.45) is -15.5. The normalized spacial score (nSPS) is 41.0. The van der Waals surface area contributed by atoms with Crippen molar-refractivity contribution in [1.82, 2.24) is 10.2 Å². The highest BCUT2D eigenvalue weighted by atomic mass is 32.1. The van der Waals surface area contributed by atoms with Crippen LogP contribution in [0.25, 0.3) is 0 Å². The van der Waals surface area contributed by atoms with Crippen LogP contribution in [-0.4, -0.2) is 131 Å². The van der Waals surface area contributed by atoms with Gasteiger partial charge in [-0.05, 0) is 12.2 Å². The van der Waals surface area contributed by atoms with Crippen molar-refractivity contribution in [3.05, 3.63) is 0 Å². The lowest BCUT2D eigenvalue weighted by Gasteiger charge is -2.39. The first kappa shape index (κ1) is 29.9. The molecule has 11 atom stereocenters. The summed E-state index contributed by atoms with van der Waals surface area (Å²) in [6.45, 7) is -1.76. The molecule has 0 bridgehead atoms. The highest BCUT2D eigenvalue weighted by molar-refractivity contribution is 7.80. The number of hydrogen-bond acceptors (Lipinski definition) is 15. The lowest BCUT2D eigenvalue weighted by molar-refractivity contribution is -0.280. The molecule has 0 aromatic carbocycles. The smallest absolute Gasteiger partial charge is 0.394 e. The van der Waals surface area contributed by atoms with Gasteiger partial charge >= 0.3 is 15.6 Å². The van der Waals surface area contributed by atoms with Gasteiger partial charge in [-0.25, -0.2) is 9.13 Å². The van der Waals surface area contributed by atoms with Crippen molar-refractivity contribution in [2.24, 2.45) is 0 Å². The van der Waals surface area contributed by atoms with Crippen LogP contribution >= 0.6 is 27.9 Å². The van der Waals surface area contributed by atoms with E-state index in [9.17, 15) is 49.2 Å². The number of phosphoric ester groups is 2. The Labute approximate surface area is 208 Å². The van der Waals surface area contributed by atoms with Crippen molar-refractivity contribution in [2.45, 2.75) is 61.7 Å². The first-order valence-corrected chi connectivity index (χ1v) is 13.7. The predicted octanol–water partition coefficient (Wildman–Crippen LogP) is -4.41. The summed E-state index contributed by atoms with van der Waals surface area (Å²) >= 11 is 5.00. The van der Waals surface area contributed by atoms with Gasteiger partial charge < -0.3 is 60.1 Å². The fourth-order valence-corrected chi connectivity index (χ4v) is 6.04. The van der Waals surface area contributed by atoms with Crippen LogP contribution in [0.4, 0.5) is 0 Å². The van der Waals surface area contributed by atoms with E-state index in [4.69, 9.17) is 26.8 Å². The second-order valence-corrected chi connectivity index (χ2v) is 11.3. The quantitative estimate of drug-likeness (QED) is 0.0913. The van der Waals surface area contributed by atoms with Crippen LogP contribution in [0.1, 0.15) is 6.42 Å². The van der Waals surface area contributed by atoms with E-state index < -0.39 is 84.1 Å². The van der Waals surface area contributed by atoms with Crippen molar-refractivity contribution in [3.63, 3.8) is 0 Å². The Morgan fingerprint density at radius 1 is 0.972 bits per heavy atom. The monoisotopic (exact) mass is 584 g/mol. The molecule has 0 radical (unpaired) electrons. The van der Waals surface area contributed by atoms with Gasteiger partial charge in [0, 0.05) is 13.0 Å². The molecule has 2 unspecified atom stereocenters. The molecule has 36 heavy (non-hydrogen) atoms. The molecule has 0 aromatic heterocycles. The van der Waals surface area contributed by atoms with Gasteiger partial charge in [0.05, 0.1) is 13.2 Å². The van der Waals surface area contributed by atoms with Gasteiger partial charge in [0.15, 0.2) is 17.6 Å². The van der Waals surface area contributed by atoms with Crippen LogP contribution in [0, 0.1) is 0 Å². The maximum absolute atomic E-state index is 12.2. The highest BCUT2D eigenvalue weighted by Gasteiger charge is 2.50. The summed E-state index contributed by atoms with van der Waals surface area (Å²) in [7, 11) is -11.0. The first-order chi connectivity index (χ1) is 16.7. The molecule has 3 heterocycles. The highest BCUT2D eigenvalue weighted by Crippen LogP contribution is 2.61. The number of aliphatic hydroxyl groups excluding tert-OH is 6. The van der Waals surface area contributed by atoms with Gasteiger partial charge in [-0.2, -0.15) is 4.31 Å². The second-order valence-electron chi connectivity index (χ2n) is 7.96. The lowest BCUT2D eigenvalue weighted by Crippen LogP contribution is -2.58. The molecule has 18 nitrogen and oxygen atoms in total. The Morgan fingerprint density at radius 2 is 1.61 bits per heavy atom. The van der Waals surface area contributed by atoms with E-state index in [1.807, 2.05) is 0 Å². The number of carbonyl (C=O) groups excluding carboxylic acids is 1. The summed E-state index contributed by atoms with van der Waals surface area (Å²) in [6, 6.07) is 0. The summed E-state index contributed by atoms with van der Waals surface area (Å²) in [5, 5.41) is 61.1. The number of nitrogens with one attached hydrogen (secondary N) is 1. The van der Waals surface area contributed by atoms with Gasteiger partial charge in [-0.1, -0.05) is 0 Å². The minimum atomic E-state index is -5.56.